The number of ether oxygens (including phenoxy) is 3. The number of benzene rings is 2. The first kappa shape index (κ1) is 22.1. The van der Waals surface area contributed by atoms with Gasteiger partial charge in [0.2, 0.25) is 0 Å². The molecule has 0 aliphatic rings. The number of rotatable bonds is 15. The molecule has 4 nitrogen and oxygen atoms in total. The molecule has 154 valence electrons. The fourth-order valence-electron chi connectivity index (χ4n) is 3.03. The lowest BCUT2D eigenvalue weighted by molar-refractivity contribution is 0.211. The largest absolute Gasteiger partial charge is 0.493 e. The number of unbranched alkanes of at least 4 members (excludes halogenated alkanes) is 5. The highest BCUT2D eigenvalue weighted by Gasteiger charge is 2.06. The Bertz CT molecular complexity index is 646. The minimum absolute atomic E-state index is 0.473. The normalized spacial score (nSPS) is 10.6. The van der Waals surface area contributed by atoms with Gasteiger partial charge in [-0.05, 0) is 42.8 Å². The molecule has 4 heteroatoms. The minimum Gasteiger partial charge on any atom is -0.493 e. The molecule has 0 saturated carbocycles. The van der Waals surface area contributed by atoms with E-state index in [0.29, 0.717) is 13.2 Å². The molecule has 0 aliphatic heterocycles. The van der Waals surface area contributed by atoms with Crippen LogP contribution in [0.3, 0.4) is 0 Å². The first-order valence-electron chi connectivity index (χ1n) is 10.5. The van der Waals surface area contributed by atoms with Gasteiger partial charge in [-0.2, -0.15) is 0 Å². The Morgan fingerprint density at radius 1 is 0.786 bits per heavy atom. The zero-order valence-electron chi connectivity index (χ0n) is 17.4. The van der Waals surface area contributed by atoms with Gasteiger partial charge in [-0.25, -0.2) is 0 Å². The first-order chi connectivity index (χ1) is 13.8. The Labute approximate surface area is 170 Å². The Hall–Kier alpha value is -2.20. The molecule has 28 heavy (non-hydrogen) atoms. The second kappa shape index (κ2) is 13.9. The van der Waals surface area contributed by atoms with E-state index >= 15 is 0 Å². The van der Waals surface area contributed by atoms with Gasteiger partial charge in [-0.1, -0.05) is 63.3 Å². The zero-order chi connectivity index (χ0) is 19.9. The lowest BCUT2D eigenvalue weighted by Crippen LogP contribution is -2.15. The van der Waals surface area contributed by atoms with Crippen molar-refractivity contribution >= 4 is 0 Å². The van der Waals surface area contributed by atoms with Crippen molar-refractivity contribution in [2.45, 2.75) is 52.0 Å². The highest BCUT2D eigenvalue weighted by molar-refractivity contribution is 5.43. The van der Waals surface area contributed by atoms with Crippen molar-refractivity contribution in [1.29, 1.82) is 0 Å². The monoisotopic (exact) mass is 385 g/mol. The molecular weight excluding hydrogens is 350 g/mol. The molecule has 0 atom stereocenters. The number of hydrogen-bond acceptors (Lipinski definition) is 4. The molecule has 0 aromatic heterocycles. The molecular formula is C24H35NO3. The van der Waals surface area contributed by atoms with E-state index in [9.17, 15) is 0 Å². The first-order valence-corrected chi connectivity index (χ1v) is 10.5. The van der Waals surface area contributed by atoms with E-state index in [1.165, 1.54) is 44.1 Å². The molecule has 0 unspecified atom stereocenters. The molecule has 0 amide bonds. The van der Waals surface area contributed by atoms with Crippen LogP contribution < -0.4 is 19.5 Å². The van der Waals surface area contributed by atoms with Crippen LogP contribution in [0, 0.1) is 0 Å². The Balaban J connectivity index is 1.66. The van der Waals surface area contributed by atoms with Gasteiger partial charge in [0.15, 0.2) is 11.5 Å². The summed E-state index contributed by atoms with van der Waals surface area (Å²) < 4.78 is 17.0. The summed E-state index contributed by atoms with van der Waals surface area (Å²) in [6, 6.07) is 15.9. The number of methoxy groups -OCH3 is 1. The van der Waals surface area contributed by atoms with Crippen molar-refractivity contribution in [3.63, 3.8) is 0 Å². The summed E-state index contributed by atoms with van der Waals surface area (Å²) in [5.74, 6) is 2.36. The number of para-hydroxylation sites is 1. The van der Waals surface area contributed by atoms with Crippen LogP contribution in [-0.4, -0.2) is 26.9 Å². The number of nitrogens with one attached hydrogen (secondary N) is 1. The maximum absolute atomic E-state index is 5.82. The van der Waals surface area contributed by atoms with Gasteiger partial charge in [-0.15, -0.1) is 0 Å². The van der Waals surface area contributed by atoms with Gasteiger partial charge in [0.1, 0.15) is 19.0 Å². The SMILES string of the molecule is CCCCCCCCNCc1ccc(OCCOc2ccccc2)c(OC)c1. The molecule has 2 aromatic rings. The maximum Gasteiger partial charge on any atom is 0.161 e. The summed E-state index contributed by atoms with van der Waals surface area (Å²) in [6.45, 7) is 5.13. The van der Waals surface area contributed by atoms with E-state index in [1.807, 2.05) is 42.5 Å². The van der Waals surface area contributed by atoms with Crippen molar-refractivity contribution < 1.29 is 14.2 Å². The predicted octanol–water partition coefficient (Wildman–Crippen LogP) is 5.60. The lowest BCUT2D eigenvalue weighted by Gasteiger charge is -2.13. The van der Waals surface area contributed by atoms with Crippen LogP contribution in [0.1, 0.15) is 51.0 Å². The minimum atomic E-state index is 0.473. The summed E-state index contributed by atoms with van der Waals surface area (Å²) in [5.41, 5.74) is 1.20. The molecule has 1 N–H and O–H groups in total. The second-order valence-electron chi connectivity index (χ2n) is 6.94. The second-order valence-corrected chi connectivity index (χ2v) is 6.94. The Kier molecular flexibility index (Phi) is 11.0. The molecule has 0 heterocycles. The van der Waals surface area contributed by atoms with Crippen LogP contribution in [0.2, 0.25) is 0 Å². The van der Waals surface area contributed by atoms with Gasteiger partial charge in [0.05, 0.1) is 7.11 Å². The summed E-state index contributed by atoms with van der Waals surface area (Å²) in [5, 5.41) is 3.52. The van der Waals surface area contributed by atoms with E-state index in [0.717, 1.165) is 30.3 Å². The van der Waals surface area contributed by atoms with Crippen molar-refractivity contribution in [3.05, 3.63) is 54.1 Å². The van der Waals surface area contributed by atoms with E-state index in [1.54, 1.807) is 7.11 Å². The van der Waals surface area contributed by atoms with Crippen LogP contribution in [0.25, 0.3) is 0 Å². The van der Waals surface area contributed by atoms with Gasteiger partial charge in [0, 0.05) is 6.54 Å². The Morgan fingerprint density at radius 2 is 1.54 bits per heavy atom. The molecule has 0 aliphatic carbocycles. The lowest BCUT2D eigenvalue weighted by atomic mass is 10.1. The molecule has 0 radical (unpaired) electrons. The summed E-state index contributed by atoms with van der Waals surface area (Å²) in [6.07, 6.45) is 7.94. The molecule has 2 aromatic carbocycles. The third kappa shape index (κ3) is 8.66. The highest BCUT2D eigenvalue weighted by atomic mass is 16.5. The van der Waals surface area contributed by atoms with Crippen molar-refractivity contribution in [1.82, 2.24) is 5.32 Å². The molecule has 0 bridgehead atoms. The van der Waals surface area contributed by atoms with E-state index in [-0.39, 0.29) is 0 Å². The molecule has 0 spiro atoms. The smallest absolute Gasteiger partial charge is 0.161 e. The van der Waals surface area contributed by atoms with E-state index in [2.05, 4.69) is 18.3 Å². The third-order valence-electron chi connectivity index (χ3n) is 4.62. The molecule has 2 rings (SSSR count). The van der Waals surface area contributed by atoms with Gasteiger partial charge >= 0.3 is 0 Å². The highest BCUT2D eigenvalue weighted by Crippen LogP contribution is 2.28. The topological polar surface area (TPSA) is 39.7 Å². The van der Waals surface area contributed by atoms with Crippen molar-refractivity contribution in [3.8, 4) is 17.2 Å². The fraction of sp³-hybridized carbons (Fsp3) is 0.500. The summed E-state index contributed by atoms with van der Waals surface area (Å²) >= 11 is 0. The van der Waals surface area contributed by atoms with Gasteiger partial charge in [0.25, 0.3) is 0 Å². The van der Waals surface area contributed by atoms with Crippen LogP contribution in [-0.2, 0) is 6.54 Å². The Morgan fingerprint density at radius 3 is 2.32 bits per heavy atom. The van der Waals surface area contributed by atoms with Crippen molar-refractivity contribution in [2.75, 3.05) is 26.9 Å². The van der Waals surface area contributed by atoms with Gasteiger partial charge < -0.3 is 19.5 Å². The van der Waals surface area contributed by atoms with Gasteiger partial charge in [-0.3, -0.25) is 0 Å². The zero-order valence-corrected chi connectivity index (χ0v) is 17.4. The van der Waals surface area contributed by atoms with Crippen LogP contribution in [0.15, 0.2) is 48.5 Å². The fourth-order valence-corrected chi connectivity index (χ4v) is 3.03. The molecule has 0 fully saturated rings. The third-order valence-corrected chi connectivity index (χ3v) is 4.62. The average molecular weight is 386 g/mol. The van der Waals surface area contributed by atoms with Crippen molar-refractivity contribution in [2.24, 2.45) is 0 Å². The predicted molar refractivity (Wildman–Crippen MR) is 116 cm³/mol. The van der Waals surface area contributed by atoms with Crippen LogP contribution in [0.5, 0.6) is 17.2 Å². The summed E-state index contributed by atoms with van der Waals surface area (Å²) in [7, 11) is 1.68. The van der Waals surface area contributed by atoms with Crippen LogP contribution in [0.4, 0.5) is 0 Å². The van der Waals surface area contributed by atoms with E-state index < -0.39 is 0 Å². The summed E-state index contributed by atoms with van der Waals surface area (Å²) in [4.78, 5) is 0. The average Bonchev–Trinajstić information content (AvgIpc) is 2.74. The maximum atomic E-state index is 5.82. The quantitative estimate of drug-likeness (QED) is 0.405. The van der Waals surface area contributed by atoms with Crippen LogP contribution >= 0.6 is 0 Å². The van der Waals surface area contributed by atoms with E-state index in [4.69, 9.17) is 14.2 Å². The standard InChI is InChI=1S/C24H35NO3/c1-3-4-5-6-7-11-16-25-20-21-14-15-23(24(19-21)26-2)28-18-17-27-22-12-9-8-10-13-22/h8-10,12-15,19,25H,3-7,11,16-18,20H2,1-2H3. The molecule has 0 saturated heterocycles. The number of hydrogen-bond donors (Lipinski definition) is 1.